The van der Waals surface area contributed by atoms with Crippen molar-refractivity contribution in [1.29, 1.82) is 0 Å². The third-order valence-electron chi connectivity index (χ3n) is 10.7. The molecule has 4 aromatic carbocycles. The van der Waals surface area contributed by atoms with Crippen molar-refractivity contribution in [1.82, 2.24) is 30.2 Å². The number of nitrogens with one attached hydrogen (secondary N) is 3. The number of hydrogen-bond acceptors (Lipinski definition) is 15. The van der Waals surface area contributed by atoms with Crippen LogP contribution in [0.1, 0.15) is 29.2 Å². The molecule has 4 heterocycles. The first-order valence-electron chi connectivity index (χ1n) is 22.5. The van der Waals surface area contributed by atoms with Gasteiger partial charge in [0.25, 0.3) is 0 Å². The van der Waals surface area contributed by atoms with Gasteiger partial charge >= 0.3 is 6.03 Å². The number of carbonyl (C=O) groups is 1. The normalized spacial score (nSPS) is 14.7. The molecule has 16 nitrogen and oxygen atoms in total. The van der Waals surface area contributed by atoms with Gasteiger partial charge in [-0.05, 0) is 99.2 Å². The highest BCUT2D eigenvalue weighted by atomic mass is 32.4. The van der Waals surface area contributed by atoms with Crippen molar-refractivity contribution in [3.63, 3.8) is 0 Å². The molecule has 2 saturated heterocycles. The van der Waals surface area contributed by atoms with E-state index in [1.807, 2.05) is 79.4 Å². The third-order valence-corrected chi connectivity index (χ3v) is 10.7. The zero-order valence-electron chi connectivity index (χ0n) is 38.8. The summed E-state index contributed by atoms with van der Waals surface area (Å²) in [5.74, 6) is 3.38. The fraction of sp³-hybridized carbons (Fsp3) is 0.458. The van der Waals surface area contributed by atoms with E-state index in [0.717, 1.165) is 138 Å². The summed E-state index contributed by atoms with van der Waals surface area (Å²) in [6.45, 7) is 22.6. The van der Waals surface area contributed by atoms with E-state index in [2.05, 4.69) is 80.6 Å². The maximum absolute atomic E-state index is 12.4. The predicted molar refractivity (Wildman–Crippen MR) is 268 cm³/mol. The largest absolute Gasteiger partial charge is 0.454 e. The zero-order chi connectivity index (χ0) is 47.4. The average Bonchev–Trinajstić information content (AvgIpc) is 4.01. The molecule has 0 unspecified atom stereocenters. The van der Waals surface area contributed by atoms with Gasteiger partial charge < -0.3 is 51.3 Å². The van der Waals surface area contributed by atoms with Gasteiger partial charge in [0.05, 0.1) is 5.69 Å². The SMILES string of the molecule is CCNCCN(CCN)CCN.Cc1cccc(N=C=O)c1.Cc1cccc(NC(=O)N2CCN(Cc3ccc4c(c3)OCO4)CC2)c1.P=S.c1cc2c(cc1CN1CCNCC1)OCO2. The predicted octanol–water partition coefficient (Wildman–Crippen LogP) is 5.26. The first kappa shape index (κ1) is 53.6. The number of fused-ring (bicyclic) bond motifs is 2. The maximum atomic E-state index is 12.4. The van der Waals surface area contributed by atoms with Crippen LogP contribution in [-0.4, -0.2) is 143 Å². The summed E-state index contributed by atoms with van der Waals surface area (Å²) in [5, 5.41) is 9.61. The van der Waals surface area contributed by atoms with E-state index in [4.69, 9.17) is 30.4 Å². The number of piperazine rings is 2. The molecule has 66 heavy (non-hydrogen) atoms. The van der Waals surface area contributed by atoms with Gasteiger partial charge in [-0.2, -0.15) is 4.99 Å². The number of rotatable bonds is 14. The molecule has 0 radical (unpaired) electrons. The third kappa shape index (κ3) is 19.4. The Bertz CT molecular complexity index is 2080. The van der Waals surface area contributed by atoms with Crippen LogP contribution in [-0.2, 0) is 29.7 Å². The number of benzene rings is 4. The molecule has 4 aliphatic heterocycles. The standard InChI is InChI=1S/C20H23N3O3.C12H16N2O2.C8H22N4.C8H7NO.HPS/c1-15-3-2-4-17(11-15)21-20(24)23-9-7-22(8-10-23)13-16-5-6-18-19(12-16)26-14-25-18;1-2-11-12(16-9-15-11)7-10(1)8-14-5-3-13-4-6-14;1-2-11-5-8-12(6-3-9)7-4-10;1-7-3-2-4-8(5-7)9-6-10;1-2/h2-6,11-12H,7-10,13-14H2,1H3,(H,21,24);1-2,7,13H,3-6,8-9H2;11H,2-10H2,1H3;2-5H,1H3;1H. The fourth-order valence-corrected chi connectivity index (χ4v) is 7.36. The lowest BCUT2D eigenvalue weighted by molar-refractivity contribution is 0.143. The highest BCUT2D eigenvalue weighted by molar-refractivity contribution is 7.88. The van der Waals surface area contributed by atoms with Crippen molar-refractivity contribution in [2.45, 2.75) is 33.9 Å². The second-order valence-corrected chi connectivity index (χ2v) is 15.8. The molecule has 18 heteroatoms. The number of carbonyl (C=O) groups excluding carboxylic acids is 2. The summed E-state index contributed by atoms with van der Waals surface area (Å²) < 4.78 is 21.5. The van der Waals surface area contributed by atoms with Crippen molar-refractivity contribution in [3.8, 4) is 23.0 Å². The number of likely N-dealkylation sites (N-methyl/N-ethyl adjacent to an activating group) is 1. The zero-order valence-corrected chi connectivity index (χ0v) is 40.6. The lowest BCUT2D eigenvalue weighted by Crippen LogP contribution is -2.49. The molecule has 7 N–H and O–H groups in total. The number of nitrogens with two attached hydrogens (primary N) is 2. The number of aliphatic imine (C=N–C) groups is 1. The van der Waals surface area contributed by atoms with Crippen LogP contribution in [0.25, 0.3) is 0 Å². The van der Waals surface area contributed by atoms with E-state index in [9.17, 15) is 9.59 Å². The van der Waals surface area contributed by atoms with E-state index < -0.39 is 0 Å². The molecule has 4 aliphatic rings. The summed E-state index contributed by atoms with van der Waals surface area (Å²) in [4.78, 5) is 34.7. The second-order valence-electron chi connectivity index (χ2n) is 15.8. The smallest absolute Gasteiger partial charge is 0.321 e. The minimum absolute atomic E-state index is 0.0293. The Hall–Kier alpha value is -5.03. The molecule has 2 amide bonds. The van der Waals surface area contributed by atoms with Gasteiger partial charge in [0.2, 0.25) is 19.7 Å². The fourth-order valence-electron chi connectivity index (χ4n) is 7.36. The van der Waals surface area contributed by atoms with Crippen LogP contribution >= 0.6 is 8.02 Å². The molecule has 0 aliphatic carbocycles. The number of urea groups is 1. The Labute approximate surface area is 398 Å². The molecular weight excluding hydrogens is 876 g/mol. The number of amides is 2. The Morgan fingerprint density at radius 1 is 0.742 bits per heavy atom. The molecule has 2 fully saturated rings. The number of ether oxygens (including phenoxy) is 4. The molecule has 4 aromatic rings. The number of isocyanates is 1. The van der Waals surface area contributed by atoms with Crippen LogP contribution in [0.5, 0.6) is 23.0 Å². The van der Waals surface area contributed by atoms with Gasteiger partial charge in [-0.15, -0.1) is 0 Å². The quantitative estimate of drug-likeness (QED) is 0.0478. The molecule has 0 atom stereocenters. The maximum Gasteiger partial charge on any atom is 0.321 e. The van der Waals surface area contributed by atoms with Gasteiger partial charge in [0.1, 0.15) is 0 Å². The van der Waals surface area contributed by atoms with Crippen LogP contribution in [0, 0.1) is 13.8 Å². The molecule has 358 valence electrons. The van der Waals surface area contributed by atoms with Crippen molar-refractivity contribution >= 4 is 43.3 Å². The summed E-state index contributed by atoms with van der Waals surface area (Å²) in [7, 11) is 2.56. The number of anilines is 1. The van der Waals surface area contributed by atoms with E-state index >= 15 is 0 Å². The minimum atomic E-state index is -0.0293. The van der Waals surface area contributed by atoms with E-state index in [0.29, 0.717) is 32.4 Å². The van der Waals surface area contributed by atoms with Crippen LogP contribution in [0.4, 0.5) is 16.2 Å². The molecule has 0 bridgehead atoms. The number of aryl methyl sites for hydroxylation is 2. The van der Waals surface area contributed by atoms with Gasteiger partial charge in [-0.3, -0.25) is 14.7 Å². The Morgan fingerprint density at radius 2 is 1.29 bits per heavy atom. The van der Waals surface area contributed by atoms with Gasteiger partial charge in [0.15, 0.2) is 23.0 Å². The van der Waals surface area contributed by atoms with Crippen molar-refractivity contribution in [2.75, 3.05) is 117 Å². The van der Waals surface area contributed by atoms with E-state index in [1.54, 1.807) is 6.07 Å². The summed E-state index contributed by atoms with van der Waals surface area (Å²) in [5.41, 5.74) is 17.2. The lowest BCUT2D eigenvalue weighted by atomic mass is 10.1. The van der Waals surface area contributed by atoms with Crippen LogP contribution in [0.15, 0.2) is 89.9 Å². The summed E-state index contributed by atoms with van der Waals surface area (Å²) in [6.07, 6.45) is 1.49. The summed E-state index contributed by atoms with van der Waals surface area (Å²) in [6, 6.07) is 27.5. The van der Waals surface area contributed by atoms with Gasteiger partial charge in [-0.1, -0.05) is 55.1 Å². The second kappa shape index (κ2) is 31.0. The van der Waals surface area contributed by atoms with Crippen LogP contribution in [0.3, 0.4) is 0 Å². The Kier molecular flexibility index (Phi) is 25.2. The molecule has 0 saturated carbocycles. The minimum Gasteiger partial charge on any atom is -0.454 e. The van der Waals surface area contributed by atoms with Gasteiger partial charge in [0, 0.05) is 110 Å². The molecular formula is C48H69N10O6PS. The van der Waals surface area contributed by atoms with E-state index in [1.165, 1.54) is 17.2 Å². The average molecular weight is 945 g/mol. The number of hydrogen-bond donors (Lipinski definition) is 5. The van der Waals surface area contributed by atoms with E-state index in [-0.39, 0.29) is 6.03 Å². The number of nitrogens with zero attached hydrogens (tertiary/aromatic N) is 5. The molecule has 0 spiro atoms. The Morgan fingerprint density at radius 3 is 1.82 bits per heavy atom. The Balaban J connectivity index is 0.000000205. The highest BCUT2D eigenvalue weighted by Crippen LogP contribution is 2.34. The monoisotopic (exact) mass is 944 g/mol. The van der Waals surface area contributed by atoms with Crippen molar-refractivity contribution < 1.29 is 28.5 Å². The van der Waals surface area contributed by atoms with Crippen LogP contribution < -0.4 is 46.4 Å². The summed E-state index contributed by atoms with van der Waals surface area (Å²) >= 11 is 3.89. The van der Waals surface area contributed by atoms with Crippen molar-refractivity contribution in [3.05, 3.63) is 107 Å². The van der Waals surface area contributed by atoms with Gasteiger partial charge in [-0.25, -0.2) is 9.59 Å². The topological polar surface area (TPSA) is 185 Å². The molecule has 0 aromatic heterocycles. The first-order chi connectivity index (χ1) is 32.3. The van der Waals surface area contributed by atoms with Crippen LogP contribution in [0.2, 0.25) is 0 Å². The molecule has 8 rings (SSSR count). The highest BCUT2D eigenvalue weighted by Gasteiger charge is 2.22. The first-order valence-corrected chi connectivity index (χ1v) is 24.1. The lowest BCUT2D eigenvalue weighted by Gasteiger charge is -2.34. The van der Waals surface area contributed by atoms with Crippen molar-refractivity contribution in [2.24, 2.45) is 16.5 Å².